The van der Waals surface area contributed by atoms with Crippen LogP contribution in [0.2, 0.25) is 0 Å². The molecule has 18 heavy (non-hydrogen) atoms. The van der Waals surface area contributed by atoms with Crippen LogP contribution in [0.5, 0.6) is 0 Å². The summed E-state index contributed by atoms with van der Waals surface area (Å²) >= 11 is 3.31. The molecule has 4 nitrogen and oxygen atoms in total. The summed E-state index contributed by atoms with van der Waals surface area (Å²) in [6.45, 7) is 0.483. The summed E-state index contributed by atoms with van der Waals surface area (Å²) in [5.41, 5.74) is 1.02. The summed E-state index contributed by atoms with van der Waals surface area (Å²) in [5, 5.41) is 0. The first-order valence-electron chi connectivity index (χ1n) is 5.51. The SMILES string of the molecule is COC(=O)C(Br)Cn1ccnc1-c1ccccc1. The summed E-state index contributed by atoms with van der Waals surface area (Å²) in [5.74, 6) is 0.548. The van der Waals surface area contributed by atoms with Gasteiger partial charge in [-0.15, -0.1) is 0 Å². The maximum Gasteiger partial charge on any atom is 0.321 e. The van der Waals surface area contributed by atoms with Crippen LogP contribution in [0.3, 0.4) is 0 Å². The molecule has 0 N–H and O–H groups in total. The highest BCUT2D eigenvalue weighted by Gasteiger charge is 2.17. The van der Waals surface area contributed by atoms with Gasteiger partial charge in [-0.2, -0.15) is 0 Å². The zero-order valence-electron chi connectivity index (χ0n) is 9.91. The van der Waals surface area contributed by atoms with Crippen molar-refractivity contribution in [2.75, 3.05) is 7.11 Å². The lowest BCUT2D eigenvalue weighted by Crippen LogP contribution is -2.21. The first-order chi connectivity index (χ1) is 8.72. The predicted octanol–water partition coefficient (Wildman–Crippen LogP) is 2.49. The minimum Gasteiger partial charge on any atom is -0.468 e. The molecule has 94 valence electrons. The molecule has 5 heteroatoms. The molecule has 0 aliphatic carbocycles. The van der Waals surface area contributed by atoms with Crippen molar-refractivity contribution < 1.29 is 9.53 Å². The van der Waals surface area contributed by atoms with Gasteiger partial charge in [0.1, 0.15) is 10.7 Å². The van der Waals surface area contributed by atoms with Gasteiger partial charge < -0.3 is 9.30 Å². The molecule has 2 rings (SSSR count). The largest absolute Gasteiger partial charge is 0.468 e. The van der Waals surface area contributed by atoms with Crippen LogP contribution in [0, 0.1) is 0 Å². The summed E-state index contributed by atoms with van der Waals surface area (Å²) < 4.78 is 6.61. The molecular formula is C13H13BrN2O2. The van der Waals surface area contributed by atoms with Gasteiger partial charge in [0.25, 0.3) is 0 Å². The van der Waals surface area contributed by atoms with E-state index in [0.717, 1.165) is 11.4 Å². The van der Waals surface area contributed by atoms with Crippen molar-refractivity contribution in [2.24, 2.45) is 0 Å². The first-order valence-corrected chi connectivity index (χ1v) is 6.42. The molecule has 0 spiro atoms. The lowest BCUT2D eigenvalue weighted by atomic mass is 10.2. The molecular weight excluding hydrogens is 296 g/mol. The van der Waals surface area contributed by atoms with E-state index in [-0.39, 0.29) is 10.8 Å². The van der Waals surface area contributed by atoms with Crippen molar-refractivity contribution in [3.63, 3.8) is 0 Å². The number of aromatic nitrogens is 2. The quantitative estimate of drug-likeness (QED) is 0.644. The molecule has 2 aromatic rings. The van der Waals surface area contributed by atoms with Crippen LogP contribution >= 0.6 is 15.9 Å². The van der Waals surface area contributed by atoms with E-state index in [9.17, 15) is 4.79 Å². The van der Waals surface area contributed by atoms with Crippen molar-refractivity contribution in [3.05, 3.63) is 42.7 Å². The number of methoxy groups -OCH3 is 1. The molecule has 1 atom stereocenters. The maximum absolute atomic E-state index is 11.4. The van der Waals surface area contributed by atoms with Gasteiger partial charge in [-0.3, -0.25) is 4.79 Å². The van der Waals surface area contributed by atoms with Crippen LogP contribution in [0.15, 0.2) is 42.7 Å². The second-order valence-electron chi connectivity index (χ2n) is 3.76. The third-order valence-corrected chi connectivity index (χ3v) is 3.22. The number of carbonyl (C=O) groups excluding carboxylic acids is 1. The lowest BCUT2D eigenvalue weighted by Gasteiger charge is -2.11. The van der Waals surface area contributed by atoms with E-state index in [0.29, 0.717) is 6.54 Å². The van der Waals surface area contributed by atoms with Gasteiger partial charge in [0, 0.05) is 24.5 Å². The van der Waals surface area contributed by atoms with Crippen LogP contribution < -0.4 is 0 Å². The van der Waals surface area contributed by atoms with Crippen LogP contribution in [-0.2, 0) is 16.1 Å². The Morgan fingerprint density at radius 3 is 2.83 bits per heavy atom. The fourth-order valence-corrected chi connectivity index (χ4v) is 2.18. The van der Waals surface area contributed by atoms with Crippen molar-refractivity contribution in [3.8, 4) is 11.4 Å². The second-order valence-corrected chi connectivity index (χ2v) is 4.87. The number of carbonyl (C=O) groups is 1. The molecule has 0 fully saturated rings. The Labute approximate surface area is 114 Å². The highest BCUT2D eigenvalue weighted by atomic mass is 79.9. The summed E-state index contributed by atoms with van der Waals surface area (Å²) in [6, 6.07) is 9.85. The zero-order chi connectivity index (χ0) is 13.0. The molecule has 1 heterocycles. The predicted molar refractivity (Wildman–Crippen MR) is 72.4 cm³/mol. The van der Waals surface area contributed by atoms with Crippen molar-refractivity contribution in [2.45, 2.75) is 11.4 Å². The number of esters is 1. The van der Waals surface area contributed by atoms with E-state index in [1.807, 2.05) is 41.1 Å². The summed E-state index contributed by atoms with van der Waals surface area (Å²) in [7, 11) is 1.38. The number of ether oxygens (including phenoxy) is 1. The molecule has 0 saturated carbocycles. The topological polar surface area (TPSA) is 44.1 Å². The summed E-state index contributed by atoms with van der Waals surface area (Å²) in [6.07, 6.45) is 3.57. The van der Waals surface area contributed by atoms with Gasteiger partial charge in [0.15, 0.2) is 0 Å². The Morgan fingerprint density at radius 1 is 1.44 bits per heavy atom. The van der Waals surface area contributed by atoms with Crippen LogP contribution in [0.25, 0.3) is 11.4 Å². The molecule has 1 aromatic carbocycles. The third-order valence-electron chi connectivity index (χ3n) is 2.56. The fourth-order valence-electron chi connectivity index (χ4n) is 1.68. The van der Waals surface area contributed by atoms with E-state index in [1.54, 1.807) is 6.20 Å². The maximum atomic E-state index is 11.4. The molecule has 0 saturated heterocycles. The molecule has 0 bridgehead atoms. The third kappa shape index (κ3) is 2.79. The average molecular weight is 309 g/mol. The normalized spacial score (nSPS) is 12.1. The number of rotatable bonds is 4. The standard InChI is InChI=1S/C13H13BrN2O2/c1-18-13(17)11(14)9-16-8-7-15-12(16)10-5-3-2-4-6-10/h2-8,11H,9H2,1H3. The van der Waals surface area contributed by atoms with Crippen molar-refractivity contribution in [1.82, 2.24) is 9.55 Å². The minimum atomic E-state index is -0.376. The number of halogens is 1. The molecule has 0 radical (unpaired) electrons. The number of hydrogen-bond donors (Lipinski definition) is 0. The van der Waals surface area contributed by atoms with Gasteiger partial charge in [0.05, 0.1) is 7.11 Å². The zero-order valence-corrected chi connectivity index (χ0v) is 11.5. The Kier molecular flexibility index (Phi) is 4.15. The van der Waals surface area contributed by atoms with E-state index >= 15 is 0 Å². The Balaban J connectivity index is 2.21. The Bertz CT molecular complexity index is 525. The highest BCUT2D eigenvalue weighted by molar-refractivity contribution is 9.10. The molecule has 0 aliphatic heterocycles. The van der Waals surface area contributed by atoms with E-state index in [1.165, 1.54) is 7.11 Å². The van der Waals surface area contributed by atoms with Crippen molar-refractivity contribution >= 4 is 21.9 Å². The van der Waals surface area contributed by atoms with E-state index in [2.05, 4.69) is 25.7 Å². The monoisotopic (exact) mass is 308 g/mol. The molecule has 0 amide bonds. The smallest absolute Gasteiger partial charge is 0.321 e. The van der Waals surface area contributed by atoms with Gasteiger partial charge >= 0.3 is 5.97 Å². The van der Waals surface area contributed by atoms with Gasteiger partial charge in [-0.25, -0.2) is 4.98 Å². The highest BCUT2D eigenvalue weighted by Crippen LogP contribution is 2.18. The van der Waals surface area contributed by atoms with Gasteiger partial charge in [-0.05, 0) is 0 Å². The number of benzene rings is 1. The van der Waals surface area contributed by atoms with Gasteiger partial charge in [0.2, 0.25) is 0 Å². The average Bonchev–Trinajstić information content (AvgIpc) is 2.86. The molecule has 1 aromatic heterocycles. The minimum absolute atomic E-state index is 0.289. The number of hydrogen-bond acceptors (Lipinski definition) is 3. The summed E-state index contributed by atoms with van der Waals surface area (Å²) in [4.78, 5) is 15.3. The Morgan fingerprint density at radius 2 is 2.17 bits per heavy atom. The number of alkyl halides is 1. The van der Waals surface area contributed by atoms with E-state index < -0.39 is 0 Å². The molecule has 1 unspecified atom stereocenters. The Hall–Kier alpha value is -1.62. The van der Waals surface area contributed by atoms with Crippen LogP contribution in [0.4, 0.5) is 0 Å². The van der Waals surface area contributed by atoms with Crippen molar-refractivity contribution in [1.29, 1.82) is 0 Å². The molecule has 0 aliphatic rings. The van der Waals surface area contributed by atoms with Crippen LogP contribution in [-0.4, -0.2) is 27.5 Å². The lowest BCUT2D eigenvalue weighted by molar-refractivity contribution is -0.140. The first kappa shape index (κ1) is 12.8. The number of imidazole rings is 1. The number of nitrogens with zero attached hydrogens (tertiary/aromatic N) is 2. The van der Waals surface area contributed by atoms with Crippen LogP contribution in [0.1, 0.15) is 0 Å². The van der Waals surface area contributed by atoms with Gasteiger partial charge in [-0.1, -0.05) is 46.3 Å². The fraction of sp³-hybridized carbons (Fsp3) is 0.231. The second kappa shape index (κ2) is 5.82. The van der Waals surface area contributed by atoms with E-state index in [4.69, 9.17) is 0 Å².